The SMILES string of the molecule is CCCOC(=O)c1ccc(NC(=O)CSc2cccc[n+]2[O-])cc1. The molecular formula is C17H18N2O4S. The number of nitrogens with zero attached hydrogens (tertiary/aromatic N) is 1. The van der Waals surface area contributed by atoms with Crippen molar-refractivity contribution in [2.24, 2.45) is 0 Å². The predicted molar refractivity (Wildman–Crippen MR) is 91.8 cm³/mol. The summed E-state index contributed by atoms with van der Waals surface area (Å²) in [4.78, 5) is 23.6. The first kappa shape index (κ1) is 17.8. The molecule has 0 saturated carbocycles. The van der Waals surface area contributed by atoms with E-state index >= 15 is 0 Å². The number of nitrogens with one attached hydrogen (secondary N) is 1. The van der Waals surface area contributed by atoms with Crippen LogP contribution in [0.2, 0.25) is 0 Å². The monoisotopic (exact) mass is 346 g/mol. The average molecular weight is 346 g/mol. The van der Waals surface area contributed by atoms with Crippen LogP contribution in [-0.4, -0.2) is 24.2 Å². The fourth-order valence-corrected chi connectivity index (χ4v) is 2.54. The molecule has 126 valence electrons. The van der Waals surface area contributed by atoms with Gasteiger partial charge in [0.15, 0.2) is 6.20 Å². The van der Waals surface area contributed by atoms with Crippen molar-refractivity contribution in [3.63, 3.8) is 0 Å². The van der Waals surface area contributed by atoms with E-state index < -0.39 is 0 Å². The summed E-state index contributed by atoms with van der Waals surface area (Å²) in [6.45, 7) is 2.31. The number of aromatic nitrogens is 1. The number of esters is 1. The Morgan fingerprint density at radius 2 is 1.96 bits per heavy atom. The highest BCUT2D eigenvalue weighted by atomic mass is 32.2. The lowest BCUT2D eigenvalue weighted by Crippen LogP contribution is -2.28. The fourth-order valence-electron chi connectivity index (χ4n) is 1.83. The van der Waals surface area contributed by atoms with E-state index in [9.17, 15) is 14.8 Å². The smallest absolute Gasteiger partial charge is 0.338 e. The second kappa shape index (κ2) is 8.93. The third-order valence-electron chi connectivity index (χ3n) is 2.98. The molecular weight excluding hydrogens is 328 g/mol. The van der Waals surface area contributed by atoms with Crippen molar-refractivity contribution in [1.82, 2.24) is 0 Å². The van der Waals surface area contributed by atoms with Gasteiger partial charge in [0.2, 0.25) is 5.91 Å². The Hall–Kier alpha value is -2.54. The van der Waals surface area contributed by atoms with Crippen molar-refractivity contribution in [3.05, 3.63) is 59.4 Å². The van der Waals surface area contributed by atoms with Gasteiger partial charge < -0.3 is 15.3 Å². The Morgan fingerprint density at radius 3 is 2.62 bits per heavy atom. The van der Waals surface area contributed by atoms with Crippen LogP contribution in [0.25, 0.3) is 0 Å². The lowest BCUT2D eigenvalue weighted by molar-refractivity contribution is -0.645. The van der Waals surface area contributed by atoms with Gasteiger partial charge in [-0.1, -0.05) is 6.92 Å². The zero-order valence-electron chi connectivity index (χ0n) is 13.2. The Labute approximate surface area is 144 Å². The van der Waals surface area contributed by atoms with Gasteiger partial charge >= 0.3 is 5.97 Å². The first-order chi connectivity index (χ1) is 11.6. The van der Waals surface area contributed by atoms with Gasteiger partial charge in [0.1, 0.15) is 0 Å². The Morgan fingerprint density at radius 1 is 1.21 bits per heavy atom. The van der Waals surface area contributed by atoms with Gasteiger partial charge in [0.25, 0.3) is 5.03 Å². The topological polar surface area (TPSA) is 82.3 Å². The average Bonchev–Trinajstić information content (AvgIpc) is 2.59. The molecule has 1 aromatic heterocycles. The maximum atomic E-state index is 11.9. The largest absolute Gasteiger partial charge is 0.618 e. The number of benzene rings is 1. The minimum Gasteiger partial charge on any atom is -0.618 e. The second-order valence-corrected chi connectivity index (χ2v) is 5.91. The lowest BCUT2D eigenvalue weighted by atomic mass is 10.2. The lowest BCUT2D eigenvalue weighted by Gasteiger charge is -2.07. The van der Waals surface area contributed by atoms with Crippen molar-refractivity contribution in [3.8, 4) is 0 Å². The molecule has 2 rings (SSSR count). The number of ether oxygens (including phenoxy) is 1. The van der Waals surface area contributed by atoms with Gasteiger partial charge in [-0.25, -0.2) is 4.79 Å². The van der Waals surface area contributed by atoms with Gasteiger partial charge in [-0.15, -0.1) is 0 Å². The molecule has 0 radical (unpaired) electrons. The normalized spacial score (nSPS) is 10.2. The standard InChI is InChI=1S/C17H18N2O4S/c1-2-11-23-17(21)13-6-8-14(9-7-13)18-15(20)12-24-16-5-3-4-10-19(16)22/h3-10H,2,11-12H2,1H3,(H,18,20). The molecule has 1 amide bonds. The van der Waals surface area contributed by atoms with Crippen LogP contribution in [0, 0.1) is 5.21 Å². The Balaban J connectivity index is 1.85. The number of pyridine rings is 1. The number of carbonyl (C=O) groups is 2. The van der Waals surface area contributed by atoms with Crippen LogP contribution < -0.4 is 10.0 Å². The molecule has 0 spiro atoms. The van der Waals surface area contributed by atoms with Crippen LogP contribution in [-0.2, 0) is 9.53 Å². The number of hydrogen-bond acceptors (Lipinski definition) is 5. The summed E-state index contributed by atoms with van der Waals surface area (Å²) < 4.78 is 5.75. The molecule has 7 heteroatoms. The molecule has 6 nitrogen and oxygen atoms in total. The first-order valence-corrected chi connectivity index (χ1v) is 8.46. The van der Waals surface area contributed by atoms with Crippen LogP contribution >= 0.6 is 11.8 Å². The molecule has 24 heavy (non-hydrogen) atoms. The third-order valence-corrected chi connectivity index (χ3v) is 4.00. The molecule has 1 heterocycles. The maximum absolute atomic E-state index is 11.9. The molecule has 0 aliphatic heterocycles. The van der Waals surface area contributed by atoms with Crippen LogP contribution in [0.5, 0.6) is 0 Å². The van der Waals surface area contributed by atoms with Gasteiger partial charge in [-0.05, 0) is 48.5 Å². The number of hydrogen-bond donors (Lipinski definition) is 1. The summed E-state index contributed by atoms with van der Waals surface area (Å²) in [7, 11) is 0. The number of rotatable bonds is 7. The van der Waals surface area contributed by atoms with Gasteiger partial charge in [-0.3, -0.25) is 4.79 Å². The summed E-state index contributed by atoms with van der Waals surface area (Å²) in [5, 5.41) is 14.7. The zero-order valence-corrected chi connectivity index (χ0v) is 14.0. The molecule has 1 aromatic carbocycles. The molecule has 1 N–H and O–H groups in total. The van der Waals surface area contributed by atoms with Gasteiger partial charge in [0.05, 0.1) is 17.9 Å². The minimum atomic E-state index is -0.380. The van der Waals surface area contributed by atoms with Crippen molar-refractivity contribution >= 4 is 29.3 Å². The second-order valence-electron chi connectivity index (χ2n) is 4.91. The maximum Gasteiger partial charge on any atom is 0.338 e. The predicted octanol–water partition coefficient (Wildman–Crippen LogP) is 2.62. The molecule has 0 saturated heterocycles. The van der Waals surface area contributed by atoms with Crippen molar-refractivity contribution in [2.75, 3.05) is 17.7 Å². The summed E-state index contributed by atoms with van der Waals surface area (Å²) >= 11 is 1.16. The van der Waals surface area contributed by atoms with Crippen LogP contribution in [0.4, 0.5) is 5.69 Å². The van der Waals surface area contributed by atoms with Crippen molar-refractivity contribution in [1.29, 1.82) is 0 Å². The van der Waals surface area contributed by atoms with E-state index in [1.165, 1.54) is 6.20 Å². The van der Waals surface area contributed by atoms with Crippen molar-refractivity contribution in [2.45, 2.75) is 18.4 Å². The quantitative estimate of drug-likeness (QED) is 0.361. The third kappa shape index (κ3) is 5.27. The van der Waals surface area contributed by atoms with Crippen LogP contribution in [0.1, 0.15) is 23.7 Å². The molecule has 0 aliphatic carbocycles. The van der Waals surface area contributed by atoms with E-state index in [-0.39, 0.29) is 17.6 Å². The van der Waals surface area contributed by atoms with E-state index in [0.717, 1.165) is 18.2 Å². The van der Waals surface area contributed by atoms with Gasteiger partial charge in [-0.2, -0.15) is 4.73 Å². The molecule has 0 fully saturated rings. The number of carbonyl (C=O) groups excluding carboxylic acids is 2. The minimum absolute atomic E-state index is 0.118. The molecule has 2 aromatic rings. The summed E-state index contributed by atoms with van der Waals surface area (Å²) in [6, 6.07) is 11.5. The van der Waals surface area contributed by atoms with E-state index in [1.807, 2.05) is 6.92 Å². The fraction of sp³-hybridized carbons (Fsp3) is 0.235. The highest BCUT2D eigenvalue weighted by Gasteiger charge is 2.10. The number of amides is 1. The summed E-state index contributed by atoms with van der Waals surface area (Å²) in [5.41, 5.74) is 1.02. The Bertz CT molecular complexity index is 704. The van der Waals surface area contributed by atoms with E-state index in [0.29, 0.717) is 27.6 Å². The number of thioether (sulfide) groups is 1. The summed E-state index contributed by atoms with van der Waals surface area (Å²) in [6.07, 6.45) is 2.15. The van der Waals surface area contributed by atoms with Crippen LogP contribution in [0.3, 0.4) is 0 Å². The number of anilines is 1. The zero-order chi connectivity index (χ0) is 17.4. The highest BCUT2D eigenvalue weighted by Crippen LogP contribution is 2.15. The van der Waals surface area contributed by atoms with E-state index in [2.05, 4.69) is 5.32 Å². The van der Waals surface area contributed by atoms with E-state index in [1.54, 1.807) is 42.5 Å². The Kier molecular flexibility index (Phi) is 6.62. The first-order valence-electron chi connectivity index (χ1n) is 7.48. The molecule has 0 atom stereocenters. The summed E-state index contributed by atoms with van der Waals surface area (Å²) in [5.74, 6) is -0.494. The highest BCUT2D eigenvalue weighted by molar-refractivity contribution is 7.99. The van der Waals surface area contributed by atoms with Crippen LogP contribution in [0.15, 0.2) is 53.7 Å². The molecule has 0 unspecified atom stereocenters. The van der Waals surface area contributed by atoms with Gasteiger partial charge in [0, 0.05) is 17.8 Å². The molecule has 0 bridgehead atoms. The van der Waals surface area contributed by atoms with E-state index in [4.69, 9.17) is 4.74 Å². The van der Waals surface area contributed by atoms with Crippen molar-refractivity contribution < 1.29 is 19.1 Å². The molecule has 0 aliphatic rings.